The predicted octanol–water partition coefficient (Wildman–Crippen LogP) is 1.43. The number of aromatic nitrogens is 2. The fraction of sp³-hybridized carbons (Fsp3) is 0.714. The van der Waals surface area contributed by atoms with Gasteiger partial charge in [0.1, 0.15) is 17.0 Å². The zero-order valence-corrected chi connectivity index (χ0v) is 12.6. The molecule has 1 aromatic heterocycles. The normalized spacial score (nSPS) is 17.8. The summed E-state index contributed by atoms with van der Waals surface area (Å²) < 4.78 is 7.26. The van der Waals surface area contributed by atoms with E-state index in [2.05, 4.69) is 4.98 Å². The lowest BCUT2D eigenvalue weighted by Gasteiger charge is -2.46. The Morgan fingerprint density at radius 2 is 2.15 bits per heavy atom. The second-order valence-electron chi connectivity index (χ2n) is 6.37. The summed E-state index contributed by atoms with van der Waals surface area (Å²) in [6, 6.07) is 0. The summed E-state index contributed by atoms with van der Waals surface area (Å²) in [5, 5.41) is 10.4. The van der Waals surface area contributed by atoms with Gasteiger partial charge < -0.3 is 19.3 Å². The molecular formula is C14H23N3O3. The number of β-amino-alcohol motifs (C(OH)–C–C–N with tert-alkyl or cyclic N) is 1. The minimum atomic E-state index is -0.894. The van der Waals surface area contributed by atoms with E-state index in [1.807, 2.05) is 38.5 Å². The quantitative estimate of drug-likeness (QED) is 0.910. The van der Waals surface area contributed by atoms with E-state index in [9.17, 15) is 9.90 Å². The first-order valence-corrected chi connectivity index (χ1v) is 6.93. The second kappa shape index (κ2) is 5.09. The Labute approximate surface area is 119 Å². The minimum absolute atomic E-state index is 0.290. The molecule has 1 aliphatic rings. The highest BCUT2D eigenvalue weighted by atomic mass is 16.6. The number of aryl methyl sites for hydroxylation is 1. The van der Waals surface area contributed by atoms with Gasteiger partial charge in [0, 0.05) is 25.4 Å². The maximum absolute atomic E-state index is 11.8. The molecule has 0 aromatic carbocycles. The van der Waals surface area contributed by atoms with Crippen LogP contribution in [0.4, 0.5) is 4.79 Å². The predicted molar refractivity (Wildman–Crippen MR) is 74.4 cm³/mol. The van der Waals surface area contributed by atoms with Crippen molar-refractivity contribution in [2.24, 2.45) is 0 Å². The van der Waals surface area contributed by atoms with Crippen molar-refractivity contribution in [2.45, 2.75) is 51.9 Å². The van der Waals surface area contributed by atoms with Gasteiger partial charge >= 0.3 is 6.09 Å². The monoisotopic (exact) mass is 281 g/mol. The van der Waals surface area contributed by atoms with Gasteiger partial charge in [-0.25, -0.2) is 9.78 Å². The number of rotatable bonds is 3. The number of carbonyl (C=O) groups excluding carboxylic acids is 1. The Hall–Kier alpha value is -1.56. The summed E-state index contributed by atoms with van der Waals surface area (Å²) in [6.07, 6.45) is 3.70. The van der Waals surface area contributed by atoms with Gasteiger partial charge in [-0.1, -0.05) is 0 Å². The molecule has 1 aliphatic heterocycles. The van der Waals surface area contributed by atoms with Crippen molar-refractivity contribution in [3.8, 4) is 0 Å². The largest absolute Gasteiger partial charge is 0.444 e. The maximum Gasteiger partial charge on any atom is 0.410 e. The van der Waals surface area contributed by atoms with E-state index >= 15 is 0 Å². The molecule has 1 amide bonds. The van der Waals surface area contributed by atoms with Crippen LogP contribution in [0.3, 0.4) is 0 Å². The number of ether oxygens (including phenoxy) is 1. The molecule has 0 spiro atoms. The van der Waals surface area contributed by atoms with Gasteiger partial charge in [0.2, 0.25) is 0 Å². The highest BCUT2D eigenvalue weighted by Gasteiger charge is 2.45. The van der Waals surface area contributed by atoms with E-state index in [-0.39, 0.29) is 6.09 Å². The van der Waals surface area contributed by atoms with Crippen LogP contribution in [0.2, 0.25) is 0 Å². The standard InChI is InChI=1S/C14H23N3O3/c1-5-16-7-6-15-11(16)8-14(19)9-17(10-14)12(18)20-13(2,3)4/h6-7,19H,5,8-10H2,1-4H3. The second-order valence-corrected chi connectivity index (χ2v) is 6.37. The first kappa shape index (κ1) is 14.8. The van der Waals surface area contributed by atoms with E-state index in [4.69, 9.17) is 4.74 Å². The molecule has 20 heavy (non-hydrogen) atoms. The van der Waals surface area contributed by atoms with Crippen molar-refractivity contribution >= 4 is 6.09 Å². The van der Waals surface area contributed by atoms with Crippen LogP contribution in [0.15, 0.2) is 12.4 Å². The molecule has 0 unspecified atom stereocenters. The summed E-state index contributed by atoms with van der Waals surface area (Å²) in [7, 11) is 0. The van der Waals surface area contributed by atoms with Crippen LogP contribution in [0.1, 0.15) is 33.5 Å². The summed E-state index contributed by atoms with van der Waals surface area (Å²) >= 11 is 0. The molecule has 2 rings (SSSR count). The van der Waals surface area contributed by atoms with Crippen molar-refractivity contribution < 1.29 is 14.6 Å². The van der Waals surface area contributed by atoms with E-state index in [1.165, 1.54) is 4.90 Å². The maximum atomic E-state index is 11.8. The van der Waals surface area contributed by atoms with E-state index in [0.29, 0.717) is 19.5 Å². The number of aliphatic hydroxyl groups is 1. The zero-order chi connectivity index (χ0) is 15.0. The molecule has 0 radical (unpaired) electrons. The molecule has 0 bridgehead atoms. The number of carbonyl (C=O) groups is 1. The molecule has 0 aliphatic carbocycles. The van der Waals surface area contributed by atoms with E-state index in [1.54, 1.807) is 6.20 Å². The van der Waals surface area contributed by atoms with E-state index < -0.39 is 11.2 Å². The van der Waals surface area contributed by atoms with Crippen molar-refractivity contribution in [1.29, 1.82) is 0 Å². The zero-order valence-electron chi connectivity index (χ0n) is 12.6. The van der Waals surface area contributed by atoms with Gasteiger partial charge in [0.15, 0.2) is 0 Å². The third kappa shape index (κ3) is 3.30. The SMILES string of the molecule is CCn1ccnc1CC1(O)CN(C(=O)OC(C)(C)C)C1. The number of amides is 1. The van der Waals surface area contributed by atoms with Crippen molar-refractivity contribution in [1.82, 2.24) is 14.5 Å². The lowest BCUT2D eigenvalue weighted by atomic mass is 9.90. The van der Waals surface area contributed by atoms with Crippen LogP contribution in [0.25, 0.3) is 0 Å². The van der Waals surface area contributed by atoms with Crippen LogP contribution in [-0.4, -0.2) is 49.9 Å². The molecule has 1 fully saturated rings. The van der Waals surface area contributed by atoms with Crippen LogP contribution >= 0.6 is 0 Å². The number of imidazole rings is 1. The number of likely N-dealkylation sites (tertiary alicyclic amines) is 1. The molecule has 1 aromatic rings. The molecule has 0 atom stereocenters. The average Bonchev–Trinajstić information content (AvgIpc) is 2.70. The fourth-order valence-corrected chi connectivity index (χ4v) is 2.32. The highest BCUT2D eigenvalue weighted by molar-refractivity contribution is 5.69. The smallest absolute Gasteiger partial charge is 0.410 e. The van der Waals surface area contributed by atoms with Crippen LogP contribution in [-0.2, 0) is 17.7 Å². The molecule has 1 saturated heterocycles. The van der Waals surface area contributed by atoms with Crippen LogP contribution < -0.4 is 0 Å². The molecule has 0 saturated carbocycles. The average molecular weight is 281 g/mol. The van der Waals surface area contributed by atoms with Gasteiger partial charge in [-0.05, 0) is 27.7 Å². The Morgan fingerprint density at radius 1 is 1.50 bits per heavy atom. The van der Waals surface area contributed by atoms with Crippen molar-refractivity contribution in [3.05, 3.63) is 18.2 Å². The Morgan fingerprint density at radius 3 is 2.70 bits per heavy atom. The molecule has 112 valence electrons. The summed E-state index contributed by atoms with van der Waals surface area (Å²) in [4.78, 5) is 17.6. The van der Waals surface area contributed by atoms with Gasteiger partial charge in [0.05, 0.1) is 13.1 Å². The molecule has 2 heterocycles. The van der Waals surface area contributed by atoms with Crippen LogP contribution in [0, 0.1) is 0 Å². The molecule has 1 N–H and O–H groups in total. The summed E-state index contributed by atoms with van der Waals surface area (Å²) in [5.41, 5.74) is -1.40. The third-order valence-electron chi connectivity index (χ3n) is 3.25. The number of hydrogen-bond acceptors (Lipinski definition) is 4. The van der Waals surface area contributed by atoms with Gasteiger partial charge in [-0.3, -0.25) is 0 Å². The van der Waals surface area contributed by atoms with Crippen molar-refractivity contribution in [3.63, 3.8) is 0 Å². The van der Waals surface area contributed by atoms with Gasteiger partial charge in [-0.15, -0.1) is 0 Å². The Balaban J connectivity index is 1.89. The molecule has 6 heteroatoms. The van der Waals surface area contributed by atoms with E-state index in [0.717, 1.165) is 12.4 Å². The van der Waals surface area contributed by atoms with Crippen LogP contribution in [0.5, 0.6) is 0 Å². The fourth-order valence-electron chi connectivity index (χ4n) is 2.32. The summed E-state index contributed by atoms with van der Waals surface area (Å²) in [6.45, 7) is 8.92. The Kier molecular flexibility index (Phi) is 3.77. The number of hydrogen-bond donors (Lipinski definition) is 1. The lowest BCUT2D eigenvalue weighted by Crippen LogP contribution is -2.65. The lowest BCUT2D eigenvalue weighted by molar-refractivity contribution is -0.0986. The van der Waals surface area contributed by atoms with Gasteiger partial charge in [-0.2, -0.15) is 0 Å². The minimum Gasteiger partial charge on any atom is -0.444 e. The van der Waals surface area contributed by atoms with Gasteiger partial charge in [0.25, 0.3) is 0 Å². The Bertz CT molecular complexity index is 484. The molecule has 6 nitrogen and oxygen atoms in total. The van der Waals surface area contributed by atoms with Crippen molar-refractivity contribution in [2.75, 3.05) is 13.1 Å². The third-order valence-corrected chi connectivity index (χ3v) is 3.25. The molecular weight excluding hydrogens is 258 g/mol. The first-order valence-electron chi connectivity index (χ1n) is 6.93. The number of nitrogens with zero attached hydrogens (tertiary/aromatic N) is 3. The topological polar surface area (TPSA) is 67.6 Å². The summed E-state index contributed by atoms with van der Waals surface area (Å²) in [5.74, 6) is 0.846. The highest BCUT2D eigenvalue weighted by Crippen LogP contribution is 2.26. The first-order chi connectivity index (χ1) is 9.22.